The number of carbonyl (C=O) groups excluding carboxylic acids is 2. The third kappa shape index (κ3) is 3.00. The van der Waals surface area contributed by atoms with Gasteiger partial charge in [0.2, 0.25) is 5.91 Å². The molecule has 19 heavy (non-hydrogen) atoms. The van der Waals surface area contributed by atoms with E-state index in [4.69, 9.17) is 0 Å². The standard InChI is InChI=1S/C12H13N3O3S/c1-3-10(16)15-12-14-9(6-19-12)7-4-8(13-5-7)11(17)18-2/h4-6,13H,3H2,1-2H3,(H,14,15,16). The van der Waals surface area contributed by atoms with Crippen LogP contribution in [0.4, 0.5) is 5.13 Å². The fourth-order valence-corrected chi connectivity index (χ4v) is 2.18. The molecule has 100 valence electrons. The molecular weight excluding hydrogens is 266 g/mol. The summed E-state index contributed by atoms with van der Waals surface area (Å²) in [5.74, 6) is -0.508. The molecule has 0 unspecified atom stereocenters. The Kier molecular flexibility index (Phi) is 3.96. The Morgan fingerprint density at radius 2 is 2.32 bits per heavy atom. The van der Waals surface area contributed by atoms with Crippen LogP contribution in [0.3, 0.4) is 0 Å². The van der Waals surface area contributed by atoms with Gasteiger partial charge in [0.05, 0.1) is 12.8 Å². The summed E-state index contributed by atoms with van der Waals surface area (Å²) in [6.45, 7) is 1.78. The number of aromatic nitrogens is 2. The average molecular weight is 279 g/mol. The molecule has 0 spiro atoms. The Morgan fingerprint density at radius 1 is 1.53 bits per heavy atom. The van der Waals surface area contributed by atoms with Crippen molar-refractivity contribution in [3.05, 3.63) is 23.3 Å². The van der Waals surface area contributed by atoms with Gasteiger partial charge in [-0.2, -0.15) is 0 Å². The predicted octanol–water partition coefficient (Wildman–Crippen LogP) is 2.27. The number of hydrogen-bond donors (Lipinski definition) is 2. The maximum absolute atomic E-state index is 11.3. The normalized spacial score (nSPS) is 10.2. The molecule has 2 N–H and O–H groups in total. The Labute approximate surface area is 113 Å². The first-order valence-electron chi connectivity index (χ1n) is 5.66. The summed E-state index contributed by atoms with van der Waals surface area (Å²) in [4.78, 5) is 29.7. The molecule has 7 heteroatoms. The van der Waals surface area contributed by atoms with E-state index < -0.39 is 5.97 Å². The number of methoxy groups -OCH3 is 1. The van der Waals surface area contributed by atoms with Gasteiger partial charge < -0.3 is 15.0 Å². The quantitative estimate of drug-likeness (QED) is 0.841. The molecule has 0 bridgehead atoms. The zero-order valence-corrected chi connectivity index (χ0v) is 11.3. The Morgan fingerprint density at radius 3 is 3.00 bits per heavy atom. The van der Waals surface area contributed by atoms with E-state index in [1.807, 2.05) is 5.38 Å². The van der Waals surface area contributed by atoms with Gasteiger partial charge in [0.25, 0.3) is 0 Å². The third-order valence-corrected chi connectivity index (χ3v) is 3.21. The molecule has 0 aliphatic carbocycles. The molecule has 2 aromatic heterocycles. The van der Waals surface area contributed by atoms with E-state index in [0.29, 0.717) is 22.9 Å². The molecule has 0 aliphatic heterocycles. The number of amides is 1. The predicted molar refractivity (Wildman–Crippen MR) is 72.2 cm³/mol. The smallest absolute Gasteiger partial charge is 0.354 e. The summed E-state index contributed by atoms with van der Waals surface area (Å²) in [7, 11) is 1.32. The van der Waals surface area contributed by atoms with Crippen molar-refractivity contribution in [3.63, 3.8) is 0 Å². The Bertz CT molecular complexity index is 603. The number of carbonyl (C=O) groups is 2. The van der Waals surface area contributed by atoms with Crippen LogP contribution >= 0.6 is 11.3 Å². The summed E-state index contributed by atoms with van der Waals surface area (Å²) < 4.78 is 4.61. The van der Waals surface area contributed by atoms with Gasteiger partial charge in [0, 0.05) is 23.6 Å². The number of ether oxygens (including phenoxy) is 1. The van der Waals surface area contributed by atoms with Crippen LogP contribution in [-0.2, 0) is 9.53 Å². The van der Waals surface area contributed by atoms with Crippen LogP contribution < -0.4 is 5.32 Å². The molecule has 0 saturated heterocycles. The van der Waals surface area contributed by atoms with Crippen LogP contribution in [0.2, 0.25) is 0 Å². The minimum atomic E-state index is -0.430. The van der Waals surface area contributed by atoms with E-state index in [9.17, 15) is 9.59 Å². The summed E-state index contributed by atoms with van der Waals surface area (Å²) >= 11 is 1.34. The molecule has 0 saturated carbocycles. The van der Waals surface area contributed by atoms with Crippen LogP contribution in [0.5, 0.6) is 0 Å². The minimum Gasteiger partial charge on any atom is -0.464 e. The Balaban J connectivity index is 2.16. The number of nitrogens with one attached hydrogen (secondary N) is 2. The summed E-state index contributed by atoms with van der Waals surface area (Å²) in [5.41, 5.74) is 1.83. The van der Waals surface area contributed by atoms with Gasteiger partial charge in [0.1, 0.15) is 5.69 Å². The molecule has 2 heterocycles. The SMILES string of the molecule is CCC(=O)Nc1nc(-c2c[nH]c(C(=O)OC)c2)cs1. The third-order valence-electron chi connectivity index (χ3n) is 2.46. The lowest BCUT2D eigenvalue weighted by Gasteiger charge is -1.96. The highest BCUT2D eigenvalue weighted by atomic mass is 32.1. The summed E-state index contributed by atoms with van der Waals surface area (Å²) in [6.07, 6.45) is 2.08. The average Bonchev–Trinajstić information content (AvgIpc) is 3.05. The Hall–Kier alpha value is -2.15. The first-order chi connectivity index (χ1) is 9.13. The number of rotatable bonds is 4. The van der Waals surface area contributed by atoms with E-state index in [2.05, 4.69) is 20.0 Å². The monoisotopic (exact) mass is 279 g/mol. The maximum atomic E-state index is 11.3. The zero-order chi connectivity index (χ0) is 13.8. The highest BCUT2D eigenvalue weighted by Crippen LogP contribution is 2.25. The lowest BCUT2D eigenvalue weighted by molar-refractivity contribution is -0.115. The molecule has 6 nitrogen and oxygen atoms in total. The largest absolute Gasteiger partial charge is 0.464 e. The van der Waals surface area contributed by atoms with Gasteiger partial charge in [-0.15, -0.1) is 11.3 Å². The second-order valence-electron chi connectivity index (χ2n) is 3.73. The van der Waals surface area contributed by atoms with Gasteiger partial charge in [-0.25, -0.2) is 9.78 Å². The number of anilines is 1. The van der Waals surface area contributed by atoms with Crippen molar-refractivity contribution in [2.45, 2.75) is 13.3 Å². The van der Waals surface area contributed by atoms with Gasteiger partial charge in [-0.05, 0) is 6.07 Å². The molecule has 0 aromatic carbocycles. The number of nitrogens with zero attached hydrogens (tertiary/aromatic N) is 1. The molecule has 2 rings (SSSR count). The van der Waals surface area contributed by atoms with Gasteiger partial charge in [-0.1, -0.05) is 6.92 Å². The lowest BCUT2D eigenvalue weighted by atomic mass is 10.2. The molecule has 0 atom stereocenters. The van der Waals surface area contributed by atoms with E-state index in [0.717, 1.165) is 5.56 Å². The molecule has 2 aromatic rings. The summed E-state index contributed by atoms with van der Waals surface area (Å²) in [6, 6.07) is 1.66. The van der Waals surface area contributed by atoms with Crippen LogP contribution in [0.25, 0.3) is 11.3 Å². The number of hydrogen-bond acceptors (Lipinski definition) is 5. The highest BCUT2D eigenvalue weighted by Gasteiger charge is 2.12. The van der Waals surface area contributed by atoms with E-state index in [1.165, 1.54) is 18.4 Å². The van der Waals surface area contributed by atoms with Crippen molar-refractivity contribution in [3.8, 4) is 11.3 Å². The molecular formula is C12H13N3O3S. The highest BCUT2D eigenvalue weighted by molar-refractivity contribution is 7.14. The maximum Gasteiger partial charge on any atom is 0.354 e. The first kappa shape index (κ1) is 13.3. The van der Waals surface area contributed by atoms with Crippen LogP contribution in [0.15, 0.2) is 17.6 Å². The van der Waals surface area contributed by atoms with Gasteiger partial charge in [-0.3, -0.25) is 4.79 Å². The van der Waals surface area contributed by atoms with Crippen molar-refractivity contribution >= 4 is 28.3 Å². The second kappa shape index (κ2) is 5.66. The van der Waals surface area contributed by atoms with Crippen LogP contribution in [-0.4, -0.2) is 29.0 Å². The number of aromatic amines is 1. The number of esters is 1. The first-order valence-corrected chi connectivity index (χ1v) is 6.54. The van der Waals surface area contributed by atoms with E-state index in [1.54, 1.807) is 19.2 Å². The topological polar surface area (TPSA) is 84.1 Å². The van der Waals surface area contributed by atoms with Crippen LogP contribution in [0, 0.1) is 0 Å². The van der Waals surface area contributed by atoms with E-state index in [-0.39, 0.29) is 5.91 Å². The van der Waals surface area contributed by atoms with Crippen molar-refractivity contribution < 1.29 is 14.3 Å². The van der Waals surface area contributed by atoms with Gasteiger partial charge >= 0.3 is 5.97 Å². The molecule has 0 fully saturated rings. The number of H-pyrrole nitrogens is 1. The van der Waals surface area contributed by atoms with Crippen LogP contribution in [0.1, 0.15) is 23.8 Å². The van der Waals surface area contributed by atoms with Crippen molar-refractivity contribution in [1.29, 1.82) is 0 Å². The van der Waals surface area contributed by atoms with Gasteiger partial charge in [0.15, 0.2) is 5.13 Å². The van der Waals surface area contributed by atoms with Crippen molar-refractivity contribution in [2.75, 3.05) is 12.4 Å². The van der Waals surface area contributed by atoms with E-state index >= 15 is 0 Å². The fraction of sp³-hybridized carbons (Fsp3) is 0.250. The lowest BCUT2D eigenvalue weighted by Crippen LogP contribution is -2.08. The molecule has 0 aliphatic rings. The zero-order valence-electron chi connectivity index (χ0n) is 10.5. The molecule has 0 radical (unpaired) electrons. The minimum absolute atomic E-state index is 0.0785. The second-order valence-corrected chi connectivity index (χ2v) is 4.59. The summed E-state index contributed by atoms with van der Waals surface area (Å²) in [5, 5.41) is 5.05. The van der Waals surface area contributed by atoms with Crippen molar-refractivity contribution in [2.24, 2.45) is 0 Å². The number of thiazole rings is 1. The van der Waals surface area contributed by atoms with Crippen molar-refractivity contribution in [1.82, 2.24) is 9.97 Å². The fourth-order valence-electron chi connectivity index (χ4n) is 1.44. The molecule has 1 amide bonds.